The second-order valence-corrected chi connectivity index (χ2v) is 22.3. The first-order valence-electron chi connectivity index (χ1n) is 30.6. The predicted octanol–water partition coefficient (Wildman–Crippen LogP) is 18.0. The Bertz CT molecular complexity index is 1260. The third-order valence-corrected chi connectivity index (χ3v) is 14.6. The van der Waals surface area contributed by atoms with Gasteiger partial charge < -0.3 is 24.2 Å². The molecule has 0 aliphatic carbocycles. The van der Waals surface area contributed by atoms with Crippen molar-refractivity contribution in [3.8, 4) is 0 Å². The first-order valence-corrected chi connectivity index (χ1v) is 32.1. The van der Waals surface area contributed by atoms with Gasteiger partial charge in [-0.1, -0.05) is 270 Å². The van der Waals surface area contributed by atoms with E-state index in [0.717, 1.165) is 77.0 Å². The molecule has 0 saturated carbocycles. The van der Waals surface area contributed by atoms with Gasteiger partial charge in [0.05, 0.1) is 19.8 Å². The van der Waals surface area contributed by atoms with Gasteiger partial charge in [-0.05, 0) is 38.5 Å². The van der Waals surface area contributed by atoms with Crippen LogP contribution in [0.4, 0.5) is 0 Å². The SMILES string of the molecule is CCCC/C=C\CCCCCCCC(=O)OC(CO)COP(=O)(O)OCC(COC(=O)CCCCCCCCCCCCCCCCCCCCC)OC(=O)CCCCCCCCCCCCCCCCC. The van der Waals surface area contributed by atoms with Crippen molar-refractivity contribution in [2.24, 2.45) is 0 Å². The minimum absolute atomic E-state index is 0.172. The van der Waals surface area contributed by atoms with E-state index in [1.54, 1.807) is 0 Å². The van der Waals surface area contributed by atoms with Crippen molar-refractivity contribution < 1.29 is 52.2 Å². The molecule has 0 rings (SSSR count). The number of phosphoric acid groups is 1. The number of hydrogen-bond acceptors (Lipinski definition) is 10. The zero-order valence-electron chi connectivity index (χ0n) is 47.2. The Morgan fingerprint density at radius 3 is 1.00 bits per heavy atom. The molecule has 0 aromatic carbocycles. The lowest BCUT2D eigenvalue weighted by atomic mass is 10.0. The zero-order chi connectivity index (χ0) is 52.7. The molecule has 0 aromatic rings. The smallest absolute Gasteiger partial charge is 0.462 e. The summed E-state index contributed by atoms with van der Waals surface area (Å²) in [5, 5.41) is 9.80. The van der Waals surface area contributed by atoms with E-state index in [1.165, 1.54) is 180 Å². The first kappa shape index (κ1) is 70.2. The Kier molecular flexibility index (Phi) is 54.1. The van der Waals surface area contributed by atoms with E-state index in [2.05, 4.69) is 32.9 Å². The molecule has 72 heavy (non-hydrogen) atoms. The highest BCUT2D eigenvalue weighted by Gasteiger charge is 2.28. The van der Waals surface area contributed by atoms with Crippen molar-refractivity contribution >= 4 is 25.7 Å². The van der Waals surface area contributed by atoms with Crippen LogP contribution in [0, 0.1) is 0 Å². The van der Waals surface area contributed by atoms with Gasteiger partial charge in [-0.3, -0.25) is 23.4 Å². The molecule has 0 aliphatic heterocycles. The summed E-state index contributed by atoms with van der Waals surface area (Å²) in [6, 6.07) is 0. The molecular formula is C60H115O11P. The van der Waals surface area contributed by atoms with Crippen molar-refractivity contribution in [2.75, 3.05) is 26.4 Å². The Hall–Kier alpha value is -1.78. The van der Waals surface area contributed by atoms with Crippen molar-refractivity contribution in [3.63, 3.8) is 0 Å². The summed E-state index contributed by atoms with van der Waals surface area (Å²) in [6.07, 6.45) is 54.6. The van der Waals surface area contributed by atoms with Crippen molar-refractivity contribution in [2.45, 2.75) is 328 Å². The number of carbonyl (C=O) groups is 3. The minimum atomic E-state index is -4.74. The number of hydrogen-bond donors (Lipinski definition) is 2. The highest BCUT2D eigenvalue weighted by Crippen LogP contribution is 2.43. The molecule has 0 saturated heterocycles. The van der Waals surface area contributed by atoms with E-state index in [1.807, 2.05) is 0 Å². The summed E-state index contributed by atoms with van der Waals surface area (Å²) in [5.74, 6) is -1.44. The van der Waals surface area contributed by atoms with Crippen LogP contribution in [0.3, 0.4) is 0 Å². The van der Waals surface area contributed by atoms with E-state index in [4.69, 9.17) is 23.3 Å². The maximum absolute atomic E-state index is 12.9. The summed E-state index contributed by atoms with van der Waals surface area (Å²) < 4.78 is 39.6. The third-order valence-electron chi connectivity index (χ3n) is 13.7. The van der Waals surface area contributed by atoms with Crippen LogP contribution in [0.1, 0.15) is 316 Å². The van der Waals surface area contributed by atoms with Crippen molar-refractivity contribution in [1.29, 1.82) is 0 Å². The van der Waals surface area contributed by atoms with Gasteiger partial charge in [-0.25, -0.2) is 4.57 Å². The molecule has 426 valence electrons. The molecule has 0 heterocycles. The largest absolute Gasteiger partial charge is 0.472 e. The van der Waals surface area contributed by atoms with Gasteiger partial charge in [0.1, 0.15) is 12.7 Å². The Labute approximate surface area is 443 Å². The van der Waals surface area contributed by atoms with Crippen LogP contribution in [-0.4, -0.2) is 66.5 Å². The van der Waals surface area contributed by atoms with E-state index in [0.29, 0.717) is 19.3 Å². The second kappa shape index (κ2) is 55.5. The van der Waals surface area contributed by atoms with Crippen LogP contribution in [0.2, 0.25) is 0 Å². The lowest BCUT2D eigenvalue weighted by Gasteiger charge is -2.21. The molecule has 0 spiro atoms. The Morgan fingerprint density at radius 2 is 0.653 bits per heavy atom. The van der Waals surface area contributed by atoms with Crippen molar-refractivity contribution in [3.05, 3.63) is 12.2 Å². The molecule has 3 unspecified atom stereocenters. The fraction of sp³-hybridized carbons (Fsp3) is 0.917. The number of aliphatic hydroxyl groups excluding tert-OH is 1. The molecule has 11 nitrogen and oxygen atoms in total. The fourth-order valence-electron chi connectivity index (χ4n) is 8.99. The van der Waals surface area contributed by atoms with Crippen LogP contribution in [-0.2, 0) is 42.2 Å². The van der Waals surface area contributed by atoms with E-state index in [-0.39, 0.29) is 25.9 Å². The molecule has 0 radical (unpaired) electrons. The van der Waals surface area contributed by atoms with Gasteiger partial charge in [0, 0.05) is 19.3 Å². The van der Waals surface area contributed by atoms with Crippen LogP contribution < -0.4 is 0 Å². The van der Waals surface area contributed by atoms with Gasteiger partial charge in [0.2, 0.25) is 0 Å². The monoisotopic (exact) mass is 1040 g/mol. The normalized spacial score (nSPS) is 13.3. The Balaban J connectivity index is 4.63. The number of aliphatic hydroxyl groups is 1. The molecule has 2 N–H and O–H groups in total. The fourth-order valence-corrected chi connectivity index (χ4v) is 9.77. The lowest BCUT2D eigenvalue weighted by Crippen LogP contribution is -2.30. The quantitative estimate of drug-likeness (QED) is 0.0197. The molecule has 0 aliphatic rings. The highest BCUT2D eigenvalue weighted by molar-refractivity contribution is 7.47. The molecule has 0 aromatic heterocycles. The zero-order valence-corrected chi connectivity index (χ0v) is 48.1. The summed E-state index contributed by atoms with van der Waals surface area (Å²) in [7, 11) is -4.74. The summed E-state index contributed by atoms with van der Waals surface area (Å²) >= 11 is 0. The van der Waals surface area contributed by atoms with E-state index < -0.39 is 57.8 Å². The number of carbonyl (C=O) groups excluding carboxylic acids is 3. The average molecular weight is 1040 g/mol. The van der Waals surface area contributed by atoms with Gasteiger partial charge in [-0.2, -0.15) is 0 Å². The number of allylic oxidation sites excluding steroid dienone is 2. The van der Waals surface area contributed by atoms with Crippen LogP contribution >= 0.6 is 7.82 Å². The maximum atomic E-state index is 12.9. The second-order valence-electron chi connectivity index (χ2n) is 20.9. The molecule has 0 bridgehead atoms. The van der Waals surface area contributed by atoms with Gasteiger partial charge in [0.25, 0.3) is 0 Å². The maximum Gasteiger partial charge on any atom is 0.472 e. The molecular weight excluding hydrogens is 928 g/mol. The third kappa shape index (κ3) is 53.1. The minimum Gasteiger partial charge on any atom is -0.462 e. The number of rotatable bonds is 58. The number of ether oxygens (including phenoxy) is 3. The average Bonchev–Trinajstić information content (AvgIpc) is 3.37. The van der Waals surface area contributed by atoms with Crippen LogP contribution in [0.5, 0.6) is 0 Å². The van der Waals surface area contributed by atoms with Gasteiger partial charge >= 0.3 is 25.7 Å². The first-order chi connectivity index (χ1) is 35.2. The summed E-state index contributed by atoms with van der Waals surface area (Å²) in [6.45, 7) is 4.67. The Morgan fingerprint density at radius 1 is 0.375 bits per heavy atom. The van der Waals surface area contributed by atoms with Crippen molar-refractivity contribution in [1.82, 2.24) is 0 Å². The van der Waals surface area contributed by atoms with Gasteiger partial charge in [0.15, 0.2) is 6.10 Å². The highest BCUT2D eigenvalue weighted by atomic mass is 31.2. The number of unbranched alkanes of at least 4 members (excludes halogenated alkanes) is 39. The van der Waals surface area contributed by atoms with Crippen LogP contribution in [0.15, 0.2) is 12.2 Å². The lowest BCUT2D eigenvalue weighted by molar-refractivity contribution is -0.161. The van der Waals surface area contributed by atoms with Gasteiger partial charge in [-0.15, -0.1) is 0 Å². The molecule has 0 amide bonds. The standard InChI is InChI=1S/C60H115O11P/c1-4-7-10-13-16-19-22-24-26-27-28-29-31-32-35-37-40-43-46-49-58(62)67-53-57(71-60(64)51-48-45-42-39-36-33-30-25-23-20-17-14-11-8-5-2)55-69-72(65,66)68-54-56(52-61)70-59(63)50-47-44-41-38-34-21-18-15-12-9-6-3/h15,18,56-57,61H,4-14,16-17,19-55H2,1-3H3,(H,65,66)/b18-15-. The topological polar surface area (TPSA) is 155 Å². The van der Waals surface area contributed by atoms with E-state index in [9.17, 15) is 28.9 Å². The molecule has 3 atom stereocenters. The number of phosphoric ester groups is 1. The molecule has 12 heteroatoms. The van der Waals surface area contributed by atoms with E-state index >= 15 is 0 Å². The number of esters is 3. The van der Waals surface area contributed by atoms with Crippen LogP contribution in [0.25, 0.3) is 0 Å². The summed E-state index contributed by atoms with van der Waals surface area (Å²) in [5.41, 5.74) is 0. The predicted molar refractivity (Wildman–Crippen MR) is 298 cm³/mol. The summed E-state index contributed by atoms with van der Waals surface area (Å²) in [4.78, 5) is 48.5. The molecule has 0 fully saturated rings.